The lowest BCUT2D eigenvalue weighted by Crippen LogP contribution is -2.34. The molecule has 0 aliphatic heterocycles. The van der Waals surface area contributed by atoms with E-state index in [4.69, 9.17) is 4.52 Å². The van der Waals surface area contributed by atoms with Gasteiger partial charge >= 0.3 is 0 Å². The molecule has 1 aromatic carbocycles. The van der Waals surface area contributed by atoms with E-state index in [2.05, 4.69) is 10.5 Å². The fourth-order valence-corrected chi connectivity index (χ4v) is 2.20. The molecule has 0 aliphatic carbocycles. The molecular formula is C15H18N2O4. The van der Waals surface area contributed by atoms with Gasteiger partial charge in [0.2, 0.25) is 0 Å². The van der Waals surface area contributed by atoms with E-state index in [0.29, 0.717) is 23.4 Å². The molecule has 1 heterocycles. The predicted octanol–water partition coefficient (Wildman–Crippen LogP) is 2.06. The maximum Gasteiger partial charge on any atom is 0.257 e. The summed E-state index contributed by atoms with van der Waals surface area (Å²) in [6.07, 6.45) is 0.531. The van der Waals surface area contributed by atoms with Crippen molar-refractivity contribution < 1.29 is 19.5 Å². The van der Waals surface area contributed by atoms with E-state index in [1.807, 2.05) is 6.92 Å². The number of phenols is 2. The van der Waals surface area contributed by atoms with Crippen LogP contribution in [0.5, 0.6) is 11.5 Å². The molecule has 0 saturated heterocycles. The Bertz CT molecular complexity index is 644. The average molecular weight is 290 g/mol. The number of benzene rings is 1. The number of aromatic nitrogens is 1. The third-order valence-corrected chi connectivity index (χ3v) is 3.22. The van der Waals surface area contributed by atoms with E-state index in [-0.39, 0.29) is 23.4 Å². The van der Waals surface area contributed by atoms with Gasteiger partial charge in [-0.3, -0.25) is 4.79 Å². The first-order chi connectivity index (χ1) is 9.88. The molecule has 2 aromatic rings. The van der Waals surface area contributed by atoms with Crippen molar-refractivity contribution in [3.8, 4) is 11.5 Å². The first kappa shape index (κ1) is 14.9. The quantitative estimate of drug-likeness (QED) is 0.749. The number of aryl methyl sites for hydroxylation is 2. The molecule has 0 aliphatic rings. The standard InChI is InChI=1S/C15H18N2O4/c1-8(6-11-4-5-12(18)13(19)7-11)16-15(20)14-9(2)17-21-10(14)3/h4-5,7-8,18-19H,6H2,1-3H3,(H,16,20)/t8-/m1/s1. The van der Waals surface area contributed by atoms with E-state index < -0.39 is 0 Å². The number of nitrogens with zero attached hydrogens (tertiary/aromatic N) is 1. The second-order valence-electron chi connectivity index (χ2n) is 5.10. The lowest BCUT2D eigenvalue weighted by molar-refractivity contribution is 0.0938. The van der Waals surface area contributed by atoms with Crippen LogP contribution < -0.4 is 5.32 Å². The number of phenolic OH excluding ortho intramolecular Hbond substituents is 2. The summed E-state index contributed by atoms with van der Waals surface area (Å²) >= 11 is 0. The van der Waals surface area contributed by atoms with Crippen LogP contribution in [-0.4, -0.2) is 27.3 Å². The molecule has 1 amide bonds. The maximum atomic E-state index is 12.2. The highest BCUT2D eigenvalue weighted by Gasteiger charge is 2.19. The Morgan fingerprint density at radius 2 is 2.05 bits per heavy atom. The molecule has 21 heavy (non-hydrogen) atoms. The van der Waals surface area contributed by atoms with Gasteiger partial charge in [-0.05, 0) is 44.9 Å². The van der Waals surface area contributed by atoms with Gasteiger partial charge in [-0.15, -0.1) is 0 Å². The van der Waals surface area contributed by atoms with Gasteiger partial charge in [0, 0.05) is 6.04 Å². The molecular weight excluding hydrogens is 272 g/mol. The van der Waals surface area contributed by atoms with Gasteiger partial charge in [-0.1, -0.05) is 11.2 Å². The number of hydrogen-bond acceptors (Lipinski definition) is 5. The molecule has 0 unspecified atom stereocenters. The Morgan fingerprint density at radius 3 is 2.62 bits per heavy atom. The zero-order valence-electron chi connectivity index (χ0n) is 12.2. The van der Waals surface area contributed by atoms with Crippen LogP contribution in [0.1, 0.15) is 34.3 Å². The summed E-state index contributed by atoms with van der Waals surface area (Å²) in [4.78, 5) is 12.2. The number of aromatic hydroxyl groups is 2. The normalized spacial score (nSPS) is 12.1. The molecule has 3 N–H and O–H groups in total. The molecule has 0 radical (unpaired) electrons. The topological polar surface area (TPSA) is 95.6 Å². The van der Waals surface area contributed by atoms with Crippen LogP contribution in [0, 0.1) is 13.8 Å². The van der Waals surface area contributed by atoms with Crippen molar-refractivity contribution in [3.63, 3.8) is 0 Å². The Labute approximate surface area is 122 Å². The first-order valence-electron chi connectivity index (χ1n) is 6.63. The van der Waals surface area contributed by atoms with Crippen molar-refractivity contribution in [2.45, 2.75) is 33.2 Å². The van der Waals surface area contributed by atoms with Gasteiger partial charge in [-0.2, -0.15) is 0 Å². The van der Waals surface area contributed by atoms with E-state index in [9.17, 15) is 15.0 Å². The van der Waals surface area contributed by atoms with Crippen LogP contribution >= 0.6 is 0 Å². The minimum Gasteiger partial charge on any atom is -0.504 e. The van der Waals surface area contributed by atoms with E-state index in [1.54, 1.807) is 19.9 Å². The largest absolute Gasteiger partial charge is 0.504 e. The van der Waals surface area contributed by atoms with Crippen molar-refractivity contribution in [2.75, 3.05) is 0 Å². The predicted molar refractivity (Wildman–Crippen MR) is 76.4 cm³/mol. The van der Waals surface area contributed by atoms with Gasteiger partial charge in [0.05, 0.1) is 5.69 Å². The third-order valence-electron chi connectivity index (χ3n) is 3.22. The summed E-state index contributed by atoms with van der Waals surface area (Å²) in [6.45, 7) is 5.27. The number of hydrogen-bond donors (Lipinski definition) is 3. The molecule has 0 bridgehead atoms. The lowest BCUT2D eigenvalue weighted by Gasteiger charge is -2.14. The molecule has 112 valence electrons. The Hall–Kier alpha value is -2.50. The Balaban J connectivity index is 2.03. The highest BCUT2D eigenvalue weighted by atomic mass is 16.5. The second-order valence-corrected chi connectivity index (χ2v) is 5.10. The van der Waals surface area contributed by atoms with Crippen LogP contribution in [0.15, 0.2) is 22.7 Å². The van der Waals surface area contributed by atoms with Crippen molar-refractivity contribution in [3.05, 3.63) is 40.8 Å². The Morgan fingerprint density at radius 1 is 1.33 bits per heavy atom. The van der Waals surface area contributed by atoms with Crippen LogP contribution in [0.3, 0.4) is 0 Å². The van der Waals surface area contributed by atoms with Crippen LogP contribution in [0.4, 0.5) is 0 Å². The SMILES string of the molecule is Cc1noc(C)c1C(=O)N[C@H](C)Cc1ccc(O)c(O)c1. The van der Waals surface area contributed by atoms with Gasteiger partial charge in [0.25, 0.3) is 5.91 Å². The summed E-state index contributed by atoms with van der Waals surface area (Å²) in [5.74, 6) is -0.0795. The van der Waals surface area contributed by atoms with E-state index >= 15 is 0 Å². The van der Waals surface area contributed by atoms with Crippen molar-refractivity contribution in [2.24, 2.45) is 0 Å². The highest BCUT2D eigenvalue weighted by molar-refractivity contribution is 5.96. The fourth-order valence-electron chi connectivity index (χ4n) is 2.20. The third kappa shape index (κ3) is 3.34. The smallest absolute Gasteiger partial charge is 0.257 e. The first-order valence-corrected chi connectivity index (χ1v) is 6.63. The molecule has 1 atom stereocenters. The summed E-state index contributed by atoms with van der Waals surface area (Å²) in [5, 5.41) is 25.3. The van der Waals surface area contributed by atoms with Gasteiger partial charge in [0.1, 0.15) is 11.3 Å². The number of carbonyl (C=O) groups is 1. The summed E-state index contributed by atoms with van der Waals surface area (Å²) in [5.41, 5.74) is 1.83. The van der Waals surface area contributed by atoms with Crippen LogP contribution in [0.2, 0.25) is 0 Å². The van der Waals surface area contributed by atoms with Crippen LogP contribution in [-0.2, 0) is 6.42 Å². The van der Waals surface area contributed by atoms with Gasteiger partial charge in [-0.25, -0.2) is 0 Å². The van der Waals surface area contributed by atoms with E-state index in [0.717, 1.165) is 5.56 Å². The monoisotopic (exact) mass is 290 g/mol. The minimum atomic E-state index is -0.234. The summed E-state index contributed by atoms with van der Waals surface area (Å²) in [7, 11) is 0. The molecule has 2 rings (SSSR count). The summed E-state index contributed by atoms with van der Waals surface area (Å²) < 4.78 is 4.97. The number of nitrogens with one attached hydrogen (secondary N) is 1. The highest BCUT2D eigenvalue weighted by Crippen LogP contribution is 2.25. The molecule has 6 heteroatoms. The zero-order chi connectivity index (χ0) is 15.6. The maximum absolute atomic E-state index is 12.2. The lowest BCUT2D eigenvalue weighted by atomic mass is 10.1. The minimum absolute atomic E-state index is 0.143. The fraction of sp³-hybridized carbons (Fsp3) is 0.333. The Kier molecular flexibility index (Phi) is 4.16. The van der Waals surface area contributed by atoms with Crippen molar-refractivity contribution in [1.29, 1.82) is 0 Å². The van der Waals surface area contributed by atoms with Crippen molar-refractivity contribution >= 4 is 5.91 Å². The molecule has 0 fully saturated rings. The molecule has 0 spiro atoms. The van der Waals surface area contributed by atoms with E-state index in [1.165, 1.54) is 12.1 Å². The van der Waals surface area contributed by atoms with Gasteiger partial charge < -0.3 is 20.1 Å². The zero-order valence-corrected chi connectivity index (χ0v) is 12.2. The number of carbonyl (C=O) groups excluding carboxylic acids is 1. The summed E-state index contributed by atoms with van der Waals surface area (Å²) in [6, 6.07) is 4.46. The molecule has 1 aromatic heterocycles. The van der Waals surface area contributed by atoms with Crippen LogP contribution in [0.25, 0.3) is 0 Å². The molecule has 6 nitrogen and oxygen atoms in total. The molecule has 0 saturated carbocycles. The van der Waals surface area contributed by atoms with Crippen molar-refractivity contribution in [1.82, 2.24) is 10.5 Å². The number of amides is 1. The second kappa shape index (κ2) is 5.87. The average Bonchev–Trinajstić information content (AvgIpc) is 2.73. The number of rotatable bonds is 4. The van der Waals surface area contributed by atoms with Gasteiger partial charge in [0.15, 0.2) is 11.5 Å².